The molecule has 2 N–H and O–H groups in total. The normalized spacial score (nSPS) is 11.9. The molecule has 0 bridgehead atoms. The number of nitrogens with zero attached hydrogens (tertiary/aromatic N) is 1. The molecule has 0 saturated heterocycles. The average Bonchev–Trinajstić information content (AvgIpc) is 2.76. The van der Waals surface area contributed by atoms with Crippen molar-refractivity contribution in [1.82, 2.24) is 5.32 Å². The number of rotatable bonds is 10. The molecule has 0 radical (unpaired) electrons. The molecule has 0 heterocycles. The summed E-state index contributed by atoms with van der Waals surface area (Å²) in [7, 11) is 0. The van der Waals surface area contributed by atoms with Crippen molar-refractivity contribution < 1.29 is 14.3 Å². The van der Waals surface area contributed by atoms with E-state index in [9.17, 15) is 10.1 Å². The van der Waals surface area contributed by atoms with Gasteiger partial charge in [-0.15, -0.1) is 0 Å². The van der Waals surface area contributed by atoms with Crippen molar-refractivity contribution in [2.45, 2.75) is 40.2 Å². The molecule has 2 aromatic carbocycles. The molecule has 0 aromatic heterocycles. The molecule has 6 nitrogen and oxygen atoms in total. The van der Waals surface area contributed by atoms with E-state index in [1.807, 2.05) is 51.1 Å². The quantitative estimate of drug-likeness (QED) is 0.439. The number of aryl methyl sites for hydroxylation is 1. The maximum atomic E-state index is 12.5. The SMILES string of the molecule is CCOc1ccc(N/C=C(/C#N)C(=O)NC(C)c2ccc(CC)cc2)cc1OCC. The predicted octanol–water partition coefficient (Wildman–Crippen LogP) is 4.74. The van der Waals surface area contributed by atoms with E-state index >= 15 is 0 Å². The highest BCUT2D eigenvalue weighted by molar-refractivity contribution is 5.97. The highest BCUT2D eigenvalue weighted by Crippen LogP contribution is 2.30. The molecule has 30 heavy (non-hydrogen) atoms. The number of hydrogen-bond acceptors (Lipinski definition) is 5. The second-order valence-electron chi connectivity index (χ2n) is 6.63. The van der Waals surface area contributed by atoms with Crippen molar-refractivity contribution in [2.75, 3.05) is 18.5 Å². The van der Waals surface area contributed by atoms with Crippen molar-refractivity contribution in [3.63, 3.8) is 0 Å². The maximum absolute atomic E-state index is 12.5. The maximum Gasteiger partial charge on any atom is 0.263 e. The smallest absolute Gasteiger partial charge is 0.263 e. The van der Waals surface area contributed by atoms with E-state index in [0.29, 0.717) is 30.4 Å². The Morgan fingerprint density at radius 2 is 1.73 bits per heavy atom. The summed E-state index contributed by atoms with van der Waals surface area (Å²) >= 11 is 0. The lowest BCUT2D eigenvalue weighted by Gasteiger charge is -2.15. The van der Waals surface area contributed by atoms with Crippen LogP contribution in [0, 0.1) is 11.3 Å². The molecule has 0 saturated carbocycles. The molecule has 2 rings (SSSR count). The van der Waals surface area contributed by atoms with Crippen LogP contribution in [0.15, 0.2) is 54.2 Å². The second kappa shape index (κ2) is 11.5. The van der Waals surface area contributed by atoms with Crippen LogP contribution in [0.2, 0.25) is 0 Å². The van der Waals surface area contributed by atoms with Gasteiger partial charge in [-0.05, 0) is 50.5 Å². The Morgan fingerprint density at radius 1 is 1.07 bits per heavy atom. The van der Waals surface area contributed by atoms with Crippen LogP contribution in [0.3, 0.4) is 0 Å². The third kappa shape index (κ3) is 6.28. The van der Waals surface area contributed by atoms with E-state index in [2.05, 4.69) is 17.6 Å². The van der Waals surface area contributed by atoms with Gasteiger partial charge in [-0.25, -0.2) is 0 Å². The fraction of sp³-hybridized carbons (Fsp3) is 0.333. The molecule has 0 aliphatic heterocycles. The van der Waals surface area contributed by atoms with Crippen LogP contribution in [0.25, 0.3) is 0 Å². The number of carbonyl (C=O) groups is 1. The van der Waals surface area contributed by atoms with Gasteiger partial charge in [0.25, 0.3) is 5.91 Å². The van der Waals surface area contributed by atoms with Gasteiger partial charge in [-0.2, -0.15) is 5.26 Å². The van der Waals surface area contributed by atoms with Gasteiger partial charge in [0, 0.05) is 18.0 Å². The number of carbonyl (C=O) groups excluding carboxylic acids is 1. The van der Waals surface area contributed by atoms with Gasteiger partial charge < -0.3 is 20.1 Å². The summed E-state index contributed by atoms with van der Waals surface area (Å²) in [4.78, 5) is 12.5. The molecule has 158 valence electrons. The molecule has 0 spiro atoms. The minimum Gasteiger partial charge on any atom is -0.490 e. The summed E-state index contributed by atoms with van der Waals surface area (Å²) in [6.45, 7) is 8.82. The van der Waals surface area contributed by atoms with Gasteiger partial charge >= 0.3 is 0 Å². The number of ether oxygens (including phenoxy) is 2. The highest BCUT2D eigenvalue weighted by atomic mass is 16.5. The summed E-state index contributed by atoms with van der Waals surface area (Å²) in [5, 5.41) is 15.3. The minimum atomic E-state index is -0.437. The third-order valence-corrected chi connectivity index (χ3v) is 4.53. The zero-order valence-electron chi connectivity index (χ0n) is 18.0. The first kappa shape index (κ1) is 22.8. The second-order valence-corrected chi connectivity index (χ2v) is 6.63. The van der Waals surface area contributed by atoms with Gasteiger partial charge in [0.1, 0.15) is 11.6 Å². The Balaban J connectivity index is 2.08. The predicted molar refractivity (Wildman–Crippen MR) is 118 cm³/mol. The van der Waals surface area contributed by atoms with E-state index in [4.69, 9.17) is 9.47 Å². The van der Waals surface area contributed by atoms with Crippen LogP contribution in [0.4, 0.5) is 5.69 Å². The number of hydrogen-bond donors (Lipinski definition) is 2. The zero-order valence-corrected chi connectivity index (χ0v) is 18.0. The summed E-state index contributed by atoms with van der Waals surface area (Å²) in [5.41, 5.74) is 2.89. The minimum absolute atomic E-state index is 0.0149. The standard InChI is InChI=1S/C24H29N3O3/c1-5-18-8-10-19(11-9-18)17(4)27-24(28)20(15-25)16-26-21-12-13-22(29-6-2)23(14-21)30-7-3/h8-14,16-17,26H,5-7H2,1-4H3,(H,27,28)/b20-16-. The molecule has 0 fully saturated rings. The van der Waals surface area contributed by atoms with Gasteiger partial charge in [-0.1, -0.05) is 31.2 Å². The Bertz CT molecular complexity index is 914. The lowest BCUT2D eigenvalue weighted by atomic mass is 10.0. The number of anilines is 1. The van der Waals surface area contributed by atoms with E-state index in [-0.39, 0.29) is 11.6 Å². The fourth-order valence-electron chi connectivity index (χ4n) is 2.84. The van der Waals surface area contributed by atoms with Crippen molar-refractivity contribution in [2.24, 2.45) is 0 Å². The van der Waals surface area contributed by atoms with Gasteiger partial charge in [0.2, 0.25) is 0 Å². The van der Waals surface area contributed by atoms with Gasteiger partial charge in [0.05, 0.1) is 19.3 Å². The van der Waals surface area contributed by atoms with E-state index < -0.39 is 5.91 Å². The first-order chi connectivity index (χ1) is 14.5. The van der Waals surface area contributed by atoms with E-state index in [1.54, 1.807) is 18.2 Å². The Morgan fingerprint density at radius 3 is 2.33 bits per heavy atom. The van der Waals surface area contributed by atoms with Crippen LogP contribution in [-0.4, -0.2) is 19.1 Å². The average molecular weight is 408 g/mol. The molecule has 2 aromatic rings. The monoisotopic (exact) mass is 407 g/mol. The van der Waals surface area contributed by atoms with Crippen LogP contribution in [-0.2, 0) is 11.2 Å². The third-order valence-electron chi connectivity index (χ3n) is 4.53. The number of nitriles is 1. The van der Waals surface area contributed by atoms with Crippen molar-refractivity contribution in [1.29, 1.82) is 5.26 Å². The van der Waals surface area contributed by atoms with Crippen LogP contribution < -0.4 is 20.1 Å². The molecule has 1 amide bonds. The summed E-state index contributed by atoms with van der Waals surface area (Å²) < 4.78 is 11.1. The summed E-state index contributed by atoms with van der Waals surface area (Å²) in [6.07, 6.45) is 2.36. The fourth-order valence-corrected chi connectivity index (χ4v) is 2.84. The summed E-state index contributed by atoms with van der Waals surface area (Å²) in [5.74, 6) is 0.813. The van der Waals surface area contributed by atoms with Crippen molar-refractivity contribution in [3.8, 4) is 17.6 Å². The number of nitrogens with one attached hydrogen (secondary N) is 2. The Hall–Kier alpha value is -3.46. The van der Waals surface area contributed by atoms with Gasteiger partial charge in [-0.3, -0.25) is 4.79 Å². The Labute approximate surface area is 178 Å². The molecule has 1 unspecified atom stereocenters. The zero-order chi connectivity index (χ0) is 21.9. The molecule has 0 aliphatic carbocycles. The highest BCUT2D eigenvalue weighted by Gasteiger charge is 2.14. The molecule has 1 atom stereocenters. The molecular weight excluding hydrogens is 378 g/mol. The van der Waals surface area contributed by atoms with Crippen LogP contribution in [0.1, 0.15) is 44.9 Å². The number of amides is 1. The molecular formula is C24H29N3O3. The Kier molecular flexibility index (Phi) is 8.76. The van der Waals surface area contributed by atoms with Crippen molar-refractivity contribution in [3.05, 3.63) is 65.4 Å². The van der Waals surface area contributed by atoms with E-state index in [0.717, 1.165) is 12.0 Å². The van der Waals surface area contributed by atoms with Crippen LogP contribution in [0.5, 0.6) is 11.5 Å². The lowest BCUT2D eigenvalue weighted by Crippen LogP contribution is -2.28. The van der Waals surface area contributed by atoms with E-state index in [1.165, 1.54) is 11.8 Å². The first-order valence-corrected chi connectivity index (χ1v) is 10.2. The summed E-state index contributed by atoms with van der Waals surface area (Å²) in [6, 6.07) is 15.2. The van der Waals surface area contributed by atoms with Gasteiger partial charge in [0.15, 0.2) is 11.5 Å². The van der Waals surface area contributed by atoms with Crippen LogP contribution >= 0.6 is 0 Å². The largest absolute Gasteiger partial charge is 0.490 e. The molecule has 0 aliphatic rings. The van der Waals surface area contributed by atoms with Crippen molar-refractivity contribution >= 4 is 11.6 Å². The topological polar surface area (TPSA) is 83.4 Å². The molecule has 6 heteroatoms. The first-order valence-electron chi connectivity index (χ1n) is 10.2. The number of benzene rings is 2. The lowest BCUT2D eigenvalue weighted by molar-refractivity contribution is -0.117.